The van der Waals surface area contributed by atoms with Crippen LogP contribution in [0, 0.1) is 6.92 Å². The van der Waals surface area contributed by atoms with Gasteiger partial charge in [0.25, 0.3) is 5.91 Å². The van der Waals surface area contributed by atoms with Crippen LogP contribution in [0.15, 0.2) is 41.8 Å². The van der Waals surface area contributed by atoms with Gasteiger partial charge in [0.2, 0.25) is 0 Å². The predicted octanol–water partition coefficient (Wildman–Crippen LogP) is 2.82. The van der Waals surface area contributed by atoms with E-state index in [9.17, 15) is 13.2 Å². The number of sulfone groups is 1. The Balaban J connectivity index is 1.64. The summed E-state index contributed by atoms with van der Waals surface area (Å²) in [6.07, 6.45) is 0.430. The molecule has 2 heterocycles. The van der Waals surface area contributed by atoms with Gasteiger partial charge in [-0.1, -0.05) is 24.3 Å². The van der Waals surface area contributed by atoms with Crippen LogP contribution in [0.25, 0.3) is 0 Å². The number of hydrogen-bond acceptors (Lipinski definition) is 5. The number of carbonyl (C=O) groups is 1. The lowest BCUT2D eigenvalue weighted by atomic mass is 10.2. The maximum Gasteiger partial charge on any atom is 0.260 e. The number of benzene rings is 1. The Bertz CT molecular complexity index is 831. The number of thiophene rings is 1. The third-order valence-electron chi connectivity index (χ3n) is 4.40. The number of amides is 1. The summed E-state index contributed by atoms with van der Waals surface area (Å²) in [4.78, 5) is 14.9. The van der Waals surface area contributed by atoms with Crippen molar-refractivity contribution in [1.29, 1.82) is 0 Å². The molecule has 25 heavy (non-hydrogen) atoms. The first-order valence-corrected chi connectivity index (χ1v) is 10.8. The standard InChI is InChI=1S/C18H21NO4S2/c1-14-5-2-3-6-15(14)23-13-18(20)19-9-8-17(16-7-4-11-24-16)25(21,22)12-10-19/h2-7,11,17H,8-10,12-13H2,1H3. The first-order valence-electron chi connectivity index (χ1n) is 8.18. The third kappa shape index (κ3) is 4.22. The molecule has 2 aromatic rings. The average Bonchev–Trinajstić information content (AvgIpc) is 3.05. The van der Waals surface area contributed by atoms with Gasteiger partial charge >= 0.3 is 0 Å². The molecule has 1 aliphatic rings. The van der Waals surface area contributed by atoms with Crippen molar-refractivity contribution in [2.75, 3.05) is 25.4 Å². The Kier molecular flexibility index (Phi) is 5.44. The zero-order chi connectivity index (χ0) is 17.9. The van der Waals surface area contributed by atoms with Gasteiger partial charge in [-0.25, -0.2) is 8.42 Å². The first-order chi connectivity index (χ1) is 12.0. The molecule has 134 valence electrons. The van der Waals surface area contributed by atoms with Crippen LogP contribution in [-0.4, -0.2) is 44.7 Å². The lowest BCUT2D eigenvalue weighted by molar-refractivity contribution is -0.133. The van der Waals surface area contributed by atoms with Gasteiger partial charge in [0.05, 0.1) is 11.0 Å². The molecule has 1 aromatic heterocycles. The van der Waals surface area contributed by atoms with E-state index in [4.69, 9.17) is 4.74 Å². The van der Waals surface area contributed by atoms with Gasteiger partial charge in [0, 0.05) is 18.0 Å². The number of hydrogen-bond donors (Lipinski definition) is 0. The van der Waals surface area contributed by atoms with Crippen LogP contribution in [-0.2, 0) is 14.6 Å². The van der Waals surface area contributed by atoms with E-state index < -0.39 is 15.1 Å². The molecule has 1 aliphatic heterocycles. The summed E-state index contributed by atoms with van der Waals surface area (Å²) < 4.78 is 30.7. The van der Waals surface area contributed by atoms with Gasteiger partial charge in [-0.2, -0.15) is 0 Å². The molecule has 1 atom stereocenters. The topological polar surface area (TPSA) is 63.7 Å². The summed E-state index contributed by atoms with van der Waals surface area (Å²) in [6.45, 7) is 2.50. The summed E-state index contributed by atoms with van der Waals surface area (Å²) in [6, 6.07) is 11.2. The van der Waals surface area contributed by atoms with Crippen LogP contribution >= 0.6 is 11.3 Å². The fourth-order valence-corrected chi connectivity index (χ4v) is 5.94. The highest BCUT2D eigenvalue weighted by molar-refractivity contribution is 7.91. The molecule has 0 bridgehead atoms. The molecule has 0 saturated carbocycles. The summed E-state index contributed by atoms with van der Waals surface area (Å²) in [5.41, 5.74) is 0.964. The average molecular weight is 380 g/mol. The monoisotopic (exact) mass is 379 g/mol. The molecular weight excluding hydrogens is 358 g/mol. The van der Waals surface area contributed by atoms with E-state index in [0.29, 0.717) is 18.7 Å². The normalized spacial score (nSPS) is 20.0. The van der Waals surface area contributed by atoms with Crippen molar-refractivity contribution < 1.29 is 17.9 Å². The molecule has 3 rings (SSSR count). The van der Waals surface area contributed by atoms with Crippen LogP contribution < -0.4 is 4.74 Å². The molecule has 0 radical (unpaired) electrons. The minimum atomic E-state index is -3.25. The van der Waals surface area contributed by atoms with Crippen LogP contribution in [0.2, 0.25) is 0 Å². The Morgan fingerprint density at radius 3 is 2.76 bits per heavy atom. The molecule has 0 aliphatic carbocycles. The molecule has 1 aromatic carbocycles. The number of carbonyl (C=O) groups excluding carboxylic acids is 1. The van der Waals surface area contributed by atoms with Gasteiger partial charge in [-0.05, 0) is 36.4 Å². The van der Waals surface area contributed by atoms with Crippen molar-refractivity contribution in [3.63, 3.8) is 0 Å². The minimum Gasteiger partial charge on any atom is -0.484 e. The summed E-state index contributed by atoms with van der Waals surface area (Å²) in [5, 5.41) is 1.37. The SMILES string of the molecule is Cc1ccccc1OCC(=O)N1CCC(c2cccs2)S(=O)(=O)CC1. The van der Waals surface area contributed by atoms with Crippen LogP contribution in [0.1, 0.15) is 22.1 Å². The number of para-hydroxylation sites is 1. The second kappa shape index (κ2) is 7.58. The summed E-state index contributed by atoms with van der Waals surface area (Å²) >= 11 is 1.45. The Morgan fingerprint density at radius 1 is 1.24 bits per heavy atom. The number of aryl methyl sites for hydroxylation is 1. The van der Waals surface area contributed by atoms with Crippen LogP contribution in [0.3, 0.4) is 0 Å². The molecule has 1 saturated heterocycles. The second-order valence-electron chi connectivity index (χ2n) is 6.09. The highest BCUT2D eigenvalue weighted by Crippen LogP contribution is 2.32. The number of rotatable bonds is 4. The van der Waals surface area contributed by atoms with Crippen molar-refractivity contribution in [1.82, 2.24) is 4.90 Å². The number of nitrogens with zero attached hydrogens (tertiary/aromatic N) is 1. The summed E-state index contributed by atoms with van der Waals surface area (Å²) in [5.74, 6) is 0.492. The van der Waals surface area contributed by atoms with Gasteiger partial charge in [0.1, 0.15) is 5.75 Å². The zero-order valence-electron chi connectivity index (χ0n) is 14.1. The Labute approximate surface area is 152 Å². The van der Waals surface area contributed by atoms with Gasteiger partial charge in [0.15, 0.2) is 16.4 Å². The molecular formula is C18H21NO4S2. The quantitative estimate of drug-likeness (QED) is 0.819. The fraction of sp³-hybridized carbons (Fsp3) is 0.389. The summed E-state index contributed by atoms with van der Waals surface area (Å²) in [7, 11) is -3.25. The van der Waals surface area contributed by atoms with Crippen LogP contribution in [0.4, 0.5) is 0 Å². The van der Waals surface area contributed by atoms with Crippen molar-refractivity contribution in [2.24, 2.45) is 0 Å². The molecule has 5 nitrogen and oxygen atoms in total. The second-order valence-corrected chi connectivity index (χ2v) is 9.38. The third-order valence-corrected chi connectivity index (χ3v) is 7.64. The molecule has 0 spiro atoms. The molecule has 1 unspecified atom stereocenters. The lowest BCUT2D eigenvalue weighted by Gasteiger charge is -2.20. The van der Waals surface area contributed by atoms with Crippen molar-refractivity contribution >= 4 is 27.1 Å². The van der Waals surface area contributed by atoms with E-state index in [0.717, 1.165) is 10.4 Å². The minimum absolute atomic E-state index is 0.00826. The van der Waals surface area contributed by atoms with E-state index in [1.165, 1.54) is 11.3 Å². The smallest absolute Gasteiger partial charge is 0.260 e. The lowest BCUT2D eigenvalue weighted by Crippen LogP contribution is -2.37. The van der Waals surface area contributed by atoms with Gasteiger partial charge in [-0.3, -0.25) is 4.79 Å². The molecule has 7 heteroatoms. The molecule has 0 N–H and O–H groups in total. The van der Waals surface area contributed by atoms with E-state index in [2.05, 4.69) is 0 Å². The molecule has 1 amide bonds. The van der Waals surface area contributed by atoms with Gasteiger partial charge < -0.3 is 9.64 Å². The number of ether oxygens (including phenoxy) is 1. The van der Waals surface area contributed by atoms with E-state index in [1.807, 2.05) is 48.7 Å². The predicted molar refractivity (Wildman–Crippen MR) is 98.7 cm³/mol. The maximum atomic E-state index is 12.5. The van der Waals surface area contributed by atoms with Crippen molar-refractivity contribution in [3.05, 3.63) is 52.2 Å². The van der Waals surface area contributed by atoms with Crippen LogP contribution in [0.5, 0.6) is 5.75 Å². The fourth-order valence-electron chi connectivity index (χ4n) is 2.94. The molecule has 1 fully saturated rings. The van der Waals surface area contributed by atoms with E-state index in [1.54, 1.807) is 4.90 Å². The van der Waals surface area contributed by atoms with Gasteiger partial charge in [-0.15, -0.1) is 11.3 Å². The zero-order valence-corrected chi connectivity index (χ0v) is 15.7. The van der Waals surface area contributed by atoms with Crippen molar-refractivity contribution in [3.8, 4) is 5.75 Å². The largest absolute Gasteiger partial charge is 0.484 e. The first kappa shape index (κ1) is 17.9. The Morgan fingerprint density at radius 2 is 2.04 bits per heavy atom. The van der Waals surface area contributed by atoms with Crippen molar-refractivity contribution in [2.45, 2.75) is 18.6 Å². The van der Waals surface area contributed by atoms with E-state index in [-0.39, 0.29) is 24.8 Å². The maximum absolute atomic E-state index is 12.5. The highest BCUT2D eigenvalue weighted by atomic mass is 32.2. The van der Waals surface area contributed by atoms with E-state index >= 15 is 0 Å². The highest BCUT2D eigenvalue weighted by Gasteiger charge is 2.33. The Hall–Kier alpha value is -1.86.